The highest BCUT2D eigenvalue weighted by Crippen LogP contribution is 2.37. The fourth-order valence-electron chi connectivity index (χ4n) is 3.51. The summed E-state index contributed by atoms with van der Waals surface area (Å²) in [5.41, 5.74) is 8.80. The van der Waals surface area contributed by atoms with Crippen LogP contribution in [0.25, 0.3) is 33.4 Å². The monoisotopic (exact) mass is 285 g/mol. The van der Waals surface area contributed by atoms with Gasteiger partial charge in [-0.15, -0.1) is 0 Å². The molecule has 2 N–H and O–H groups in total. The van der Waals surface area contributed by atoms with Crippen molar-refractivity contribution in [1.29, 1.82) is 0 Å². The van der Waals surface area contributed by atoms with Crippen molar-refractivity contribution >= 4 is 10.9 Å². The normalized spacial score (nSPS) is 13.1. The van der Waals surface area contributed by atoms with Crippen molar-refractivity contribution < 1.29 is 0 Å². The molecule has 0 atom stereocenters. The smallest absolute Gasteiger partial charge is 0.0847 e. The zero-order chi connectivity index (χ0) is 14.5. The fraction of sp³-hybridized carbons (Fsp3) is 0.105. The Balaban J connectivity index is 1.75. The molecule has 2 heterocycles. The van der Waals surface area contributed by atoms with E-state index < -0.39 is 0 Å². The standard InChI is InChI=1S/C19H15N3/c1-2-4-12(5-3-1)13-7-9-17-16(10-13)15-8-6-14-11-20-22-18(14)19(15)21-17/h1-5,7,9-11,21H,6,8H2,(H,20,22). The van der Waals surface area contributed by atoms with E-state index in [1.807, 2.05) is 6.20 Å². The van der Waals surface area contributed by atoms with Gasteiger partial charge in [0, 0.05) is 10.9 Å². The Morgan fingerprint density at radius 2 is 1.77 bits per heavy atom. The first-order valence-corrected chi connectivity index (χ1v) is 7.63. The molecule has 1 aliphatic carbocycles. The van der Waals surface area contributed by atoms with Gasteiger partial charge in [-0.2, -0.15) is 5.10 Å². The van der Waals surface area contributed by atoms with Gasteiger partial charge in [0.05, 0.1) is 17.6 Å². The van der Waals surface area contributed by atoms with Crippen LogP contribution in [-0.2, 0) is 12.8 Å². The molecular weight excluding hydrogens is 270 g/mol. The third-order valence-electron chi connectivity index (χ3n) is 4.63. The van der Waals surface area contributed by atoms with Gasteiger partial charge in [-0.05, 0) is 47.2 Å². The molecule has 1 aliphatic rings. The van der Waals surface area contributed by atoms with Crippen molar-refractivity contribution in [2.45, 2.75) is 12.8 Å². The van der Waals surface area contributed by atoms with Crippen LogP contribution in [0.3, 0.4) is 0 Å². The first-order valence-electron chi connectivity index (χ1n) is 7.63. The zero-order valence-corrected chi connectivity index (χ0v) is 12.1. The molecule has 2 aromatic heterocycles. The largest absolute Gasteiger partial charge is 0.353 e. The molecule has 0 bridgehead atoms. The molecule has 0 spiro atoms. The lowest BCUT2D eigenvalue weighted by atomic mass is 9.93. The Morgan fingerprint density at radius 1 is 0.864 bits per heavy atom. The molecule has 0 saturated carbocycles. The van der Waals surface area contributed by atoms with Gasteiger partial charge in [-0.1, -0.05) is 36.4 Å². The van der Waals surface area contributed by atoms with Crippen molar-refractivity contribution in [1.82, 2.24) is 15.2 Å². The molecule has 3 heteroatoms. The Kier molecular flexibility index (Phi) is 2.33. The maximum atomic E-state index is 4.19. The Morgan fingerprint density at radius 3 is 2.68 bits per heavy atom. The van der Waals surface area contributed by atoms with Crippen LogP contribution in [0, 0.1) is 0 Å². The molecule has 3 nitrogen and oxygen atoms in total. The lowest BCUT2D eigenvalue weighted by Crippen LogP contribution is -2.00. The van der Waals surface area contributed by atoms with Crippen LogP contribution in [0.5, 0.6) is 0 Å². The highest BCUT2D eigenvalue weighted by Gasteiger charge is 2.22. The van der Waals surface area contributed by atoms with E-state index in [9.17, 15) is 0 Å². The summed E-state index contributed by atoms with van der Waals surface area (Å²) in [4.78, 5) is 3.57. The Bertz CT molecular complexity index is 977. The van der Waals surface area contributed by atoms with E-state index in [4.69, 9.17) is 0 Å². The van der Waals surface area contributed by atoms with E-state index in [1.54, 1.807) is 0 Å². The van der Waals surface area contributed by atoms with Gasteiger partial charge in [0.2, 0.25) is 0 Å². The van der Waals surface area contributed by atoms with Crippen molar-refractivity contribution in [3.8, 4) is 22.5 Å². The molecule has 0 aliphatic heterocycles. The second kappa shape index (κ2) is 4.34. The van der Waals surface area contributed by atoms with Crippen LogP contribution in [0.2, 0.25) is 0 Å². The van der Waals surface area contributed by atoms with Gasteiger partial charge in [0.25, 0.3) is 0 Å². The molecule has 2 aromatic carbocycles. The van der Waals surface area contributed by atoms with Gasteiger partial charge in [0.1, 0.15) is 0 Å². The van der Waals surface area contributed by atoms with Gasteiger partial charge in [-0.3, -0.25) is 5.10 Å². The van der Waals surface area contributed by atoms with E-state index in [1.165, 1.54) is 38.9 Å². The average Bonchev–Trinajstić information content (AvgIpc) is 3.19. The van der Waals surface area contributed by atoms with Crippen LogP contribution < -0.4 is 0 Å². The number of benzene rings is 2. The summed E-state index contributed by atoms with van der Waals surface area (Å²) in [7, 11) is 0. The fourth-order valence-corrected chi connectivity index (χ4v) is 3.51. The van der Waals surface area contributed by atoms with Crippen molar-refractivity contribution in [3.05, 3.63) is 65.9 Å². The molecule has 0 saturated heterocycles. The molecular formula is C19H15N3. The van der Waals surface area contributed by atoms with E-state index >= 15 is 0 Å². The van der Waals surface area contributed by atoms with Crippen LogP contribution in [-0.4, -0.2) is 15.2 Å². The number of nitrogens with zero attached hydrogens (tertiary/aromatic N) is 1. The second-order valence-corrected chi connectivity index (χ2v) is 5.88. The molecule has 0 amide bonds. The predicted octanol–water partition coefficient (Wildman–Crippen LogP) is 4.32. The summed E-state index contributed by atoms with van der Waals surface area (Å²) in [5, 5.41) is 8.66. The zero-order valence-electron chi connectivity index (χ0n) is 12.1. The molecule has 0 unspecified atom stereocenters. The van der Waals surface area contributed by atoms with Crippen LogP contribution in [0.1, 0.15) is 11.1 Å². The number of nitrogens with one attached hydrogen (secondary N) is 2. The van der Waals surface area contributed by atoms with Crippen LogP contribution in [0.4, 0.5) is 0 Å². The van der Waals surface area contributed by atoms with E-state index in [0.29, 0.717) is 0 Å². The van der Waals surface area contributed by atoms with Gasteiger partial charge >= 0.3 is 0 Å². The molecule has 22 heavy (non-hydrogen) atoms. The summed E-state index contributed by atoms with van der Waals surface area (Å²) in [6, 6.07) is 17.2. The topological polar surface area (TPSA) is 44.5 Å². The number of hydrogen-bond donors (Lipinski definition) is 2. The molecule has 0 fully saturated rings. The minimum absolute atomic E-state index is 1.06. The number of rotatable bonds is 1. The Labute approximate surface area is 128 Å². The number of aryl methyl sites for hydroxylation is 2. The number of fused-ring (bicyclic) bond motifs is 5. The number of aromatic nitrogens is 3. The van der Waals surface area contributed by atoms with Crippen molar-refractivity contribution in [2.24, 2.45) is 0 Å². The summed E-state index contributed by atoms with van der Waals surface area (Å²) < 4.78 is 0. The third kappa shape index (κ3) is 1.59. The minimum atomic E-state index is 1.06. The SMILES string of the molecule is c1ccc(-c2ccc3[nH]c4c(c3c2)CCc2cn[nH]c2-4)cc1. The van der Waals surface area contributed by atoms with E-state index in [2.05, 4.69) is 63.7 Å². The maximum Gasteiger partial charge on any atom is 0.0847 e. The molecule has 5 rings (SSSR count). The number of H-pyrrole nitrogens is 2. The van der Waals surface area contributed by atoms with Gasteiger partial charge < -0.3 is 4.98 Å². The molecule has 106 valence electrons. The first kappa shape index (κ1) is 11.8. The molecule has 0 radical (unpaired) electrons. The highest BCUT2D eigenvalue weighted by atomic mass is 15.1. The Hall–Kier alpha value is -2.81. The summed E-state index contributed by atoms with van der Waals surface area (Å²) in [6.45, 7) is 0. The van der Waals surface area contributed by atoms with Crippen molar-refractivity contribution in [2.75, 3.05) is 0 Å². The maximum absolute atomic E-state index is 4.19. The number of aromatic amines is 2. The summed E-state index contributed by atoms with van der Waals surface area (Å²) >= 11 is 0. The first-order chi connectivity index (χ1) is 10.9. The van der Waals surface area contributed by atoms with Crippen LogP contribution in [0.15, 0.2) is 54.7 Å². The number of hydrogen-bond acceptors (Lipinski definition) is 1. The van der Waals surface area contributed by atoms with E-state index in [0.717, 1.165) is 18.5 Å². The highest BCUT2D eigenvalue weighted by molar-refractivity contribution is 5.94. The summed E-state index contributed by atoms with van der Waals surface area (Å²) in [6.07, 6.45) is 4.07. The average molecular weight is 285 g/mol. The summed E-state index contributed by atoms with van der Waals surface area (Å²) in [5.74, 6) is 0. The lowest BCUT2D eigenvalue weighted by molar-refractivity contribution is 0.947. The quantitative estimate of drug-likeness (QED) is 0.537. The van der Waals surface area contributed by atoms with Crippen LogP contribution >= 0.6 is 0 Å². The van der Waals surface area contributed by atoms with Gasteiger partial charge in [0.15, 0.2) is 0 Å². The van der Waals surface area contributed by atoms with Gasteiger partial charge in [-0.25, -0.2) is 0 Å². The minimum Gasteiger partial charge on any atom is -0.353 e. The predicted molar refractivity (Wildman–Crippen MR) is 88.7 cm³/mol. The second-order valence-electron chi connectivity index (χ2n) is 5.88. The third-order valence-corrected chi connectivity index (χ3v) is 4.63. The molecule has 4 aromatic rings. The van der Waals surface area contributed by atoms with E-state index in [-0.39, 0.29) is 0 Å². The lowest BCUT2D eigenvalue weighted by Gasteiger charge is -2.11. The van der Waals surface area contributed by atoms with Crippen molar-refractivity contribution in [3.63, 3.8) is 0 Å².